The lowest BCUT2D eigenvalue weighted by atomic mass is 10.1. The van der Waals surface area contributed by atoms with Crippen molar-refractivity contribution >= 4 is 21.4 Å². The Morgan fingerprint density at radius 3 is 2.28 bits per heavy atom. The average Bonchev–Trinajstić information content (AvgIpc) is 2.71. The number of hydrogen-bond acceptors (Lipinski definition) is 6. The van der Waals surface area contributed by atoms with Gasteiger partial charge < -0.3 is 14.5 Å². The lowest BCUT2D eigenvalue weighted by Crippen LogP contribution is -2.49. The number of halogens is 1. The molecule has 1 aliphatic heterocycles. The summed E-state index contributed by atoms with van der Waals surface area (Å²) >= 11 is 0. The summed E-state index contributed by atoms with van der Waals surface area (Å²) in [5.41, 5.74) is 0.254. The summed E-state index contributed by atoms with van der Waals surface area (Å²) in [6.07, 6.45) is 1.09. The number of sulfone groups is 1. The Balaban J connectivity index is 1.82. The van der Waals surface area contributed by atoms with E-state index in [1.165, 1.54) is 30.3 Å². The van der Waals surface area contributed by atoms with Crippen molar-refractivity contribution in [2.45, 2.75) is 31.3 Å². The second-order valence-electron chi connectivity index (χ2n) is 8.70. The highest BCUT2D eigenvalue weighted by Gasteiger charge is 2.27. The van der Waals surface area contributed by atoms with Crippen LogP contribution in [0.25, 0.3) is 0 Å². The minimum Gasteiger partial charge on any atom is -0.487 e. The third kappa shape index (κ3) is 5.37. The Morgan fingerprint density at radius 2 is 1.75 bits per heavy atom. The van der Waals surface area contributed by atoms with Crippen molar-refractivity contribution < 1.29 is 22.3 Å². The largest absolute Gasteiger partial charge is 0.487 e. The number of ether oxygens (including phenoxy) is 1. The van der Waals surface area contributed by atoms with E-state index in [4.69, 9.17) is 10.00 Å². The van der Waals surface area contributed by atoms with Crippen LogP contribution in [0.4, 0.5) is 10.1 Å². The number of rotatable bonds is 4. The normalized spacial score (nSPS) is 14.8. The standard InChI is InChI=1S/C23H26FN3O4S/c1-23(2,3)31-21-8-7-18(32(4,29)30)14-19(21)22(28)27-11-9-26(10-12-27)17-6-5-16(15-25)20(24)13-17/h5-8,13-14H,9-12H2,1-4H3. The van der Waals surface area contributed by atoms with Crippen LogP contribution in [0.5, 0.6) is 5.75 Å². The van der Waals surface area contributed by atoms with Crippen molar-refractivity contribution in [1.29, 1.82) is 5.26 Å². The molecule has 0 atom stereocenters. The van der Waals surface area contributed by atoms with Gasteiger partial charge in [0.05, 0.1) is 16.0 Å². The van der Waals surface area contributed by atoms with Crippen molar-refractivity contribution in [3.63, 3.8) is 0 Å². The number of hydrogen-bond donors (Lipinski definition) is 0. The summed E-state index contributed by atoms with van der Waals surface area (Å²) in [4.78, 5) is 16.9. The van der Waals surface area contributed by atoms with Gasteiger partial charge in [-0.05, 0) is 57.2 Å². The first kappa shape index (κ1) is 23.5. The van der Waals surface area contributed by atoms with Crippen molar-refractivity contribution in [2.24, 2.45) is 0 Å². The molecule has 7 nitrogen and oxygen atoms in total. The molecule has 0 aromatic heterocycles. The molecule has 1 fully saturated rings. The van der Waals surface area contributed by atoms with Gasteiger partial charge in [0.2, 0.25) is 0 Å². The second kappa shape index (κ2) is 8.79. The molecule has 1 saturated heterocycles. The van der Waals surface area contributed by atoms with Crippen LogP contribution >= 0.6 is 0 Å². The maximum absolute atomic E-state index is 14.0. The third-order valence-corrected chi connectivity index (χ3v) is 6.14. The molecular formula is C23H26FN3O4S. The van der Waals surface area contributed by atoms with Crippen LogP contribution in [-0.4, -0.2) is 57.3 Å². The highest BCUT2D eigenvalue weighted by Crippen LogP contribution is 2.28. The summed E-state index contributed by atoms with van der Waals surface area (Å²) in [6.45, 7) is 7.23. The molecule has 0 saturated carbocycles. The highest BCUT2D eigenvalue weighted by atomic mass is 32.2. The van der Waals surface area contributed by atoms with E-state index in [1.807, 2.05) is 25.7 Å². The SMILES string of the molecule is CC(C)(C)Oc1ccc(S(C)(=O)=O)cc1C(=O)N1CCN(c2ccc(C#N)c(F)c2)CC1. The number of piperazine rings is 1. The van der Waals surface area contributed by atoms with Gasteiger partial charge in [0.25, 0.3) is 5.91 Å². The van der Waals surface area contributed by atoms with Gasteiger partial charge in [-0.25, -0.2) is 12.8 Å². The van der Waals surface area contributed by atoms with Gasteiger partial charge in [0, 0.05) is 38.1 Å². The van der Waals surface area contributed by atoms with E-state index >= 15 is 0 Å². The number of anilines is 1. The Hall–Kier alpha value is -3.12. The van der Waals surface area contributed by atoms with Crippen molar-refractivity contribution in [3.05, 3.63) is 53.3 Å². The van der Waals surface area contributed by atoms with E-state index in [9.17, 15) is 17.6 Å². The van der Waals surface area contributed by atoms with Crippen molar-refractivity contribution in [1.82, 2.24) is 4.90 Å². The molecule has 0 aliphatic carbocycles. The second-order valence-corrected chi connectivity index (χ2v) is 10.7. The molecular weight excluding hydrogens is 433 g/mol. The van der Waals surface area contributed by atoms with E-state index in [1.54, 1.807) is 17.0 Å². The fourth-order valence-electron chi connectivity index (χ4n) is 3.46. The van der Waals surface area contributed by atoms with Gasteiger partial charge in [-0.1, -0.05) is 0 Å². The van der Waals surface area contributed by atoms with Gasteiger partial charge >= 0.3 is 0 Å². The molecule has 0 spiro atoms. The maximum atomic E-state index is 14.0. The minimum atomic E-state index is -3.50. The predicted molar refractivity (Wildman–Crippen MR) is 119 cm³/mol. The van der Waals surface area contributed by atoms with Crippen LogP contribution in [0.15, 0.2) is 41.3 Å². The Bertz CT molecular complexity index is 1170. The maximum Gasteiger partial charge on any atom is 0.257 e. The summed E-state index contributed by atoms with van der Waals surface area (Å²) in [6, 6.07) is 10.6. The minimum absolute atomic E-state index is 0.0142. The Morgan fingerprint density at radius 1 is 1.09 bits per heavy atom. The lowest BCUT2D eigenvalue weighted by molar-refractivity contribution is 0.0730. The molecule has 0 N–H and O–H groups in total. The molecule has 1 aliphatic rings. The van der Waals surface area contributed by atoms with Crippen LogP contribution in [0.3, 0.4) is 0 Å². The quantitative estimate of drug-likeness (QED) is 0.697. The summed E-state index contributed by atoms with van der Waals surface area (Å²) in [5, 5.41) is 8.89. The van der Waals surface area contributed by atoms with Crippen LogP contribution in [0.2, 0.25) is 0 Å². The molecule has 9 heteroatoms. The molecule has 1 amide bonds. The number of carbonyl (C=O) groups is 1. The molecule has 170 valence electrons. The molecule has 0 radical (unpaired) electrons. The summed E-state index contributed by atoms with van der Waals surface area (Å²) in [5.74, 6) is -0.572. The number of nitriles is 1. The molecule has 2 aromatic carbocycles. The average molecular weight is 460 g/mol. The number of carbonyl (C=O) groups excluding carboxylic acids is 1. The van der Waals surface area contributed by atoms with Crippen molar-refractivity contribution in [2.75, 3.05) is 37.3 Å². The van der Waals surface area contributed by atoms with Gasteiger partial charge in [-0.2, -0.15) is 5.26 Å². The van der Waals surface area contributed by atoms with Crippen LogP contribution < -0.4 is 9.64 Å². The fourth-order valence-corrected chi connectivity index (χ4v) is 4.10. The van der Waals surface area contributed by atoms with Gasteiger partial charge in [-0.15, -0.1) is 0 Å². The predicted octanol–water partition coefficient (Wildman–Crippen LogP) is 3.24. The molecule has 0 bridgehead atoms. The van der Waals surface area contributed by atoms with E-state index < -0.39 is 21.3 Å². The highest BCUT2D eigenvalue weighted by molar-refractivity contribution is 7.90. The first-order valence-corrected chi connectivity index (χ1v) is 12.1. The first-order chi connectivity index (χ1) is 14.9. The number of nitrogens with zero attached hydrogens (tertiary/aromatic N) is 3. The van der Waals surface area contributed by atoms with Gasteiger partial charge in [0.1, 0.15) is 23.2 Å². The zero-order chi connectivity index (χ0) is 23.7. The Labute approximate surface area is 187 Å². The Kier molecular flexibility index (Phi) is 6.46. The molecule has 2 aromatic rings. The molecule has 32 heavy (non-hydrogen) atoms. The lowest BCUT2D eigenvalue weighted by Gasteiger charge is -2.36. The number of amides is 1. The molecule has 3 rings (SSSR count). The van der Waals surface area contributed by atoms with E-state index in [2.05, 4.69) is 0 Å². The van der Waals surface area contributed by atoms with Crippen LogP contribution in [0, 0.1) is 17.1 Å². The van der Waals surface area contributed by atoms with E-state index in [-0.39, 0.29) is 21.9 Å². The van der Waals surface area contributed by atoms with E-state index in [0.29, 0.717) is 37.6 Å². The summed E-state index contributed by atoms with van der Waals surface area (Å²) in [7, 11) is -3.50. The monoisotopic (exact) mass is 459 g/mol. The topological polar surface area (TPSA) is 90.7 Å². The fraction of sp³-hybridized carbons (Fsp3) is 0.391. The third-order valence-electron chi connectivity index (χ3n) is 5.03. The smallest absolute Gasteiger partial charge is 0.257 e. The molecule has 1 heterocycles. The first-order valence-electron chi connectivity index (χ1n) is 10.2. The molecule has 0 unspecified atom stereocenters. The zero-order valence-electron chi connectivity index (χ0n) is 18.6. The number of benzene rings is 2. The van der Waals surface area contributed by atoms with Gasteiger partial charge in [-0.3, -0.25) is 4.79 Å². The van der Waals surface area contributed by atoms with Crippen molar-refractivity contribution in [3.8, 4) is 11.8 Å². The van der Waals surface area contributed by atoms with Gasteiger partial charge in [0.15, 0.2) is 9.84 Å². The van der Waals surface area contributed by atoms with Crippen LogP contribution in [-0.2, 0) is 9.84 Å². The van der Waals surface area contributed by atoms with Crippen LogP contribution in [0.1, 0.15) is 36.7 Å². The van der Waals surface area contributed by atoms with E-state index in [0.717, 1.165) is 6.26 Å². The summed E-state index contributed by atoms with van der Waals surface area (Å²) < 4.78 is 43.9. The zero-order valence-corrected chi connectivity index (χ0v) is 19.4.